The molecule has 1 aliphatic rings. The third kappa shape index (κ3) is 5.24. The van der Waals surface area contributed by atoms with Gasteiger partial charge in [-0.25, -0.2) is 4.79 Å². The Morgan fingerprint density at radius 3 is 2.67 bits per heavy atom. The van der Waals surface area contributed by atoms with Gasteiger partial charge in [-0.05, 0) is 42.8 Å². The van der Waals surface area contributed by atoms with Crippen LogP contribution in [0.25, 0.3) is 6.08 Å². The Morgan fingerprint density at radius 1 is 1.11 bits per heavy atom. The summed E-state index contributed by atoms with van der Waals surface area (Å²) in [7, 11) is 0. The molecule has 0 aromatic heterocycles. The van der Waals surface area contributed by atoms with E-state index in [9.17, 15) is 9.59 Å². The maximum atomic E-state index is 11.9. The molecule has 27 heavy (non-hydrogen) atoms. The van der Waals surface area contributed by atoms with E-state index < -0.39 is 11.9 Å². The van der Waals surface area contributed by atoms with Gasteiger partial charge >= 0.3 is 5.97 Å². The van der Waals surface area contributed by atoms with E-state index in [0.717, 1.165) is 11.3 Å². The van der Waals surface area contributed by atoms with Crippen LogP contribution in [0.3, 0.4) is 0 Å². The highest BCUT2D eigenvalue weighted by Gasteiger charge is 2.14. The number of anilines is 1. The molecule has 0 radical (unpaired) electrons. The van der Waals surface area contributed by atoms with Crippen LogP contribution in [0, 0.1) is 0 Å². The van der Waals surface area contributed by atoms with Crippen molar-refractivity contribution in [3.8, 4) is 17.2 Å². The quantitative estimate of drug-likeness (QED) is 0.597. The van der Waals surface area contributed by atoms with E-state index in [1.165, 1.54) is 6.08 Å². The molecule has 1 heterocycles. The molecule has 0 spiro atoms. The maximum absolute atomic E-state index is 11.9. The highest BCUT2D eigenvalue weighted by molar-refractivity contribution is 5.94. The van der Waals surface area contributed by atoms with Crippen molar-refractivity contribution < 1.29 is 28.5 Å². The largest absolute Gasteiger partial charge is 0.494 e. The van der Waals surface area contributed by atoms with Crippen LogP contribution in [0.15, 0.2) is 48.5 Å². The number of hydrogen-bond donors (Lipinski definition) is 1. The molecule has 0 fully saturated rings. The van der Waals surface area contributed by atoms with Crippen LogP contribution in [0.2, 0.25) is 0 Å². The molecule has 7 heteroatoms. The molecule has 1 aliphatic heterocycles. The lowest BCUT2D eigenvalue weighted by atomic mass is 10.2. The van der Waals surface area contributed by atoms with Crippen molar-refractivity contribution in [1.29, 1.82) is 0 Å². The van der Waals surface area contributed by atoms with Crippen LogP contribution in [0.4, 0.5) is 5.69 Å². The van der Waals surface area contributed by atoms with Gasteiger partial charge in [0.1, 0.15) is 5.75 Å². The zero-order valence-electron chi connectivity index (χ0n) is 14.8. The van der Waals surface area contributed by atoms with Crippen LogP contribution >= 0.6 is 0 Å². The minimum absolute atomic E-state index is 0.158. The molecular weight excluding hydrogens is 350 g/mol. The molecule has 2 aromatic rings. The SMILES string of the molecule is CCOc1ccc(/C=C/C(=O)OCC(=O)Nc2ccc3c(c2)OCO3)cc1. The lowest BCUT2D eigenvalue weighted by Gasteiger charge is -2.06. The minimum atomic E-state index is -0.607. The Bertz CT molecular complexity index is 844. The summed E-state index contributed by atoms with van der Waals surface area (Å²) in [4.78, 5) is 23.6. The number of nitrogens with one attached hydrogen (secondary N) is 1. The predicted octanol–water partition coefficient (Wildman–Crippen LogP) is 3.01. The summed E-state index contributed by atoms with van der Waals surface area (Å²) in [6.07, 6.45) is 2.87. The fourth-order valence-corrected chi connectivity index (χ4v) is 2.36. The average molecular weight is 369 g/mol. The van der Waals surface area contributed by atoms with E-state index in [2.05, 4.69) is 5.32 Å². The van der Waals surface area contributed by atoms with Crippen molar-refractivity contribution in [2.75, 3.05) is 25.3 Å². The Kier molecular flexibility index (Phi) is 5.94. The summed E-state index contributed by atoms with van der Waals surface area (Å²) < 4.78 is 20.7. The number of esters is 1. The Balaban J connectivity index is 1.44. The normalized spacial score (nSPS) is 12.0. The summed E-state index contributed by atoms with van der Waals surface area (Å²) in [5, 5.41) is 2.63. The van der Waals surface area contributed by atoms with Gasteiger partial charge in [0, 0.05) is 17.8 Å². The molecule has 1 N–H and O–H groups in total. The van der Waals surface area contributed by atoms with E-state index in [0.29, 0.717) is 23.8 Å². The predicted molar refractivity (Wildman–Crippen MR) is 98.8 cm³/mol. The number of fused-ring (bicyclic) bond motifs is 1. The van der Waals surface area contributed by atoms with E-state index >= 15 is 0 Å². The Morgan fingerprint density at radius 2 is 1.89 bits per heavy atom. The summed E-state index contributed by atoms with van der Waals surface area (Å²) in [5.74, 6) is 0.890. The van der Waals surface area contributed by atoms with E-state index in [4.69, 9.17) is 18.9 Å². The third-order valence-corrected chi connectivity index (χ3v) is 3.60. The monoisotopic (exact) mass is 369 g/mol. The van der Waals surface area contributed by atoms with Crippen LogP contribution in [-0.4, -0.2) is 31.9 Å². The second-order valence-corrected chi connectivity index (χ2v) is 5.56. The second-order valence-electron chi connectivity index (χ2n) is 5.56. The zero-order valence-corrected chi connectivity index (χ0v) is 14.8. The van der Waals surface area contributed by atoms with E-state index in [1.807, 2.05) is 31.2 Å². The fraction of sp³-hybridized carbons (Fsp3) is 0.200. The van der Waals surface area contributed by atoms with Crippen LogP contribution < -0.4 is 19.5 Å². The standard InChI is InChI=1S/C20H19NO6/c1-2-24-16-7-3-14(4-8-16)5-10-20(23)25-12-19(22)21-15-6-9-17-18(11-15)27-13-26-17/h3-11H,2,12-13H2,1H3,(H,21,22)/b10-5+. The van der Waals surface area contributed by atoms with Gasteiger partial charge in [0.05, 0.1) is 6.61 Å². The van der Waals surface area contributed by atoms with Crippen molar-refractivity contribution in [1.82, 2.24) is 0 Å². The van der Waals surface area contributed by atoms with Gasteiger partial charge in [-0.15, -0.1) is 0 Å². The molecule has 0 unspecified atom stereocenters. The van der Waals surface area contributed by atoms with Crippen molar-refractivity contribution in [3.05, 3.63) is 54.1 Å². The summed E-state index contributed by atoms with van der Waals surface area (Å²) in [6, 6.07) is 12.3. The molecule has 3 rings (SSSR count). The molecule has 140 valence electrons. The van der Waals surface area contributed by atoms with E-state index in [-0.39, 0.29) is 13.4 Å². The van der Waals surface area contributed by atoms with Gasteiger partial charge in [-0.1, -0.05) is 12.1 Å². The Hall–Kier alpha value is -3.48. The number of hydrogen-bond acceptors (Lipinski definition) is 6. The van der Waals surface area contributed by atoms with Gasteiger partial charge < -0.3 is 24.3 Å². The highest BCUT2D eigenvalue weighted by Crippen LogP contribution is 2.34. The molecule has 1 amide bonds. The molecule has 0 aliphatic carbocycles. The Labute approximate surface area is 156 Å². The molecule has 0 atom stereocenters. The maximum Gasteiger partial charge on any atom is 0.331 e. The molecule has 0 saturated carbocycles. The first-order valence-electron chi connectivity index (χ1n) is 8.41. The number of carbonyl (C=O) groups is 2. The van der Waals surface area contributed by atoms with Gasteiger partial charge in [0.15, 0.2) is 18.1 Å². The van der Waals surface area contributed by atoms with Crippen LogP contribution in [0.5, 0.6) is 17.2 Å². The minimum Gasteiger partial charge on any atom is -0.494 e. The fourth-order valence-electron chi connectivity index (χ4n) is 2.36. The van der Waals surface area contributed by atoms with Gasteiger partial charge in [0.25, 0.3) is 5.91 Å². The van der Waals surface area contributed by atoms with Crippen molar-refractivity contribution in [2.45, 2.75) is 6.92 Å². The smallest absolute Gasteiger partial charge is 0.331 e. The molecule has 0 bridgehead atoms. The summed E-state index contributed by atoms with van der Waals surface area (Å²) in [5.41, 5.74) is 1.35. The van der Waals surface area contributed by atoms with Crippen LogP contribution in [-0.2, 0) is 14.3 Å². The summed E-state index contributed by atoms with van der Waals surface area (Å²) in [6.45, 7) is 2.27. The number of benzene rings is 2. The van der Waals surface area contributed by atoms with Crippen molar-refractivity contribution in [3.63, 3.8) is 0 Å². The van der Waals surface area contributed by atoms with Crippen molar-refractivity contribution in [2.24, 2.45) is 0 Å². The highest BCUT2D eigenvalue weighted by atomic mass is 16.7. The first-order chi connectivity index (χ1) is 13.1. The topological polar surface area (TPSA) is 83.1 Å². The lowest BCUT2D eigenvalue weighted by molar-refractivity contribution is -0.142. The molecular formula is C20H19NO6. The number of carbonyl (C=O) groups excluding carboxylic acids is 2. The van der Waals surface area contributed by atoms with E-state index in [1.54, 1.807) is 24.3 Å². The first kappa shape index (κ1) is 18.3. The first-order valence-corrected chi connectivity index (χ1v) is 8.41. The molecule has 7 nitrogen and oxygen atoms in total. The van der Waals surface area contributed by atoms with Gasteiger partial charge in [0.2, 0.25) is 6.79 Å². The van der Waals surface area contributed by atoms with Crippen molar-refractivity contribution >= 4 is 23.6 Å². The lowest BCUT2D eigenvalue weighted by Crippen LogP contribution is -2.20. The zero-order chi connectivity index (χ0) is 19.1. The van der Waals surface area contributed by atoms with Crippen LogP contribution in [0.1, 0.15) is 12.5 Å². The summed E-state index contributed by atoms with van der Waals surface area (Å²) >= 11 is 0. The number of amides is 1. The average Bonchev–Trinajstić information content (AvgIpc) is 3.14. The molecule has 2 aromatic carbocycles. The third-order valence-electron chi connectivity index (χ3n) is 3.60. The van der Waals surface area contributed by atoms with Gasteiger partial charge in [-0.2, -0.15) is 0 Å². The number of ether oxygens (including phenoxy) is 4. The number of rotatable bonds is 7. The van der Waals surface area contributed by atoms with Gasteiger partial charge in [-0.3, -0.25) is 4.79 Å². The molecule has 0 saturated heterocycles. The second kappa shape index (κ2) is 8.75.